The maximum absolute atomic E-state index is 13.1. The molecule has 112 valence electrons. The van der Waals surface area contributed by atoms with Crippen LogP contribution >= 0.6 is 11.6 Å². The molecule has 2 rings (SSSR count). The molecule has 1 N–H and O–H groups in total. The molecule has 0 amide bonds. The normalized spacial score (nSPS) is 24.6. The summed E-state index contributed by atoms with van der Waals surface area (Å²) in [7, 11) is 0. The summed E-state index contributed by atoms with van der Waals surface area (Å²) in [6.45, 7) is 5.24. The van der Waals surface area contributed by atoms with E-state index in [2.05, 4.69) is 11.8 Å². The highest BCUT2D eigenvalue weighted by Gasteiger charge is 2.30. The van der Waals surface area contributed by atoms with Gasteiger partial charge in [-0.2, -0.15) is 0 Å². The predicted molar refractivity (Wildman–Crippen MR) is 80.6 cm³/mol. The van der Waals surface area contributed by atoms with Gasteiger partial charge in [0, 0.05) is 18.0 Å². The fourth-order valence-electron chi connectivity index (χ4n) is 2.97. The summed E-state index contributed by atoms with van der Waals surface area (Å²) in [6, 6.07) is 4.41. The van der Waals surface area contributed by atoms with Gasteiger partial charge in [-0.05, 0) is 56.5 Å². The lowest BCUT2D eigenvalue weighted by molar-refractivity contribution is 0.0257. The summed E-state index contributed by atoms with van der Waals surface area (Å²) in [5, 5.41) is 11.2. The van der Waals surface area contributed by atoms with Crippen molar-refractivity contribution >= 4 is 11.6 Å². The molecule has 1 unspecified atom stereocenters. The third-order valence-electron chi connectivity index (χ3n) is 4.08. The second-order valence-corrected chi connectivity index (χ2v) is 6.24. The molecule has 2 nitrogen and oxygen atoms in total. The summed E-state index contributed by atoms with van der Waals surface area (Å²) < 4.78 is 13.1. The summed E-state index contributed by atoms with van der Waals surface area (Å²) in [4.78, 5) is 2.41. The van der Waals surface area contributed by atoms with Crippen LogP contribution in [0.3, 0.4) is 0 Å². The molecule has 1 aliphatic rings. The zero-order valence-electron chi connectivity index (χ0n) is 12.0. The first kappa shape index (κ1) is 15.7. The molecular formula is C16H23ClFNO. The molecule has 0 spiro atoms. The van der Waals surface area contributed by atoms with Gasteiger partial charge < -0.3 is 10.0 Å². The number of halogens is 2. The molecule has 0 aromatic heterocycles. The van der Waals surface area contributed by atoms with Gasteiger partial charge in [0.15, 0.2) is 0 Å². The van der Waals surface area contributed by atoms with Crippen LogP contribution in [0.1, 0.15) is 38.2 Å². The minimum atomic E-state index is -0.718. The van der Waals surface area contributed by atoms with E-state index in [9.17, 15) is 9.50 Å². The number of rotatable bonds is 4. The molecule has 0 aliphatic carbocycles. The van der Waals surface area contributed by atoms with Crippen molar-refractivity contribution in [3.8, 4) is 0 Å². The molecule has 1 saturated heterocycles. The monoisotopic (exact) mass is 299 g/mol. The average Bonchev–Trinajstić information content (AvgIpc) is 2.57. The van der Waals surface area contributed by atoms with Crippen molar-refractivity contribution in [3.05, 3.63) is 34.6 Å². The lowest BCUT2D eigenvalue weighted by Gasteiger charge is -2.27. The number of likely N-dealkylation sites (tertiary alicyclic amines) is 1. The summed E-state index contributed by atoms with van der Waals surface area (Å²) in [5.74, 6) is -0.333. The van der Waals surface area contributed by atoms with Crippen LogP contribution < -0.4 is 0 Å². The maximum atomic E-state index is 13.1. The van der Waals surface area contributed by atoms with Gasteiger partial charge in [-0.3, -0.25) is 0 Å². The predicted octanol–water partition coefficient (Wildman–Crippen LogP) is 3.65. The van der Waals surface area contributed by atoms with E-state index in [0.717, 1.165) is 50.9 Å². The molecule has 0 radical (unpaired) electrons. The second kappa shape index (κ2) is 6.88. The number of nitrogens with zero attached hydrogens (tertiary/aromatic N) is 1. The van der Waals surface area contributed by atoms with Gasteiger partial charge in [0.25, 0.3) is 0 Å². The highest BCUT2D eigenvalue weighted by atomic mass is 35.5. The number of benzene rings is 1. The molecule has 1 aliphatic heterocycles. The Labute approximate surface area is 125 Å². The zero-order chi connectivity index (χ0) is 14.6. The lowest BCUT2D eigenvalue weighted by atomic mass is 9.88. The van der Waals surface area contributed by atoms with Gasteiger partial charge in [0.1, 0.15) is 5.82 Å². The summed E-state index contributed by atoms with van der Waals surface area (Å²) in [6.07, 6.45) is 4.17. The van der Waals surface area contributed by atoms with Crippen molar-refractivity contribution < 1.29 is 9.50 Å². The van der Waals surface area contributed by atoms with E-state index in [1.54, 1.807) is 6.07 Å². The Morgan fingerprint density at radius 1 is 1.35 bits per heavy atom. The first-order valence-corrected chi connectivity index (χ1v) is 7.79. The van der Waals surface area contributed by atoms with Gasteiger partial charge in [-0.25, -0.2) is 4.39 Å². The van der Waals surface area contributed by atoms with Gasteiger partial charge in [0.2, 0.25) is 0 Å². The largest absolute Gasteiger partial charge is 0.389 e. The molecule has 1 atom stereocenters. The van der Waals surface area contributed by atoms with E-state index in [-0.39, 0.29) is 5.82 Å². The SMILES string of the molecule is CCCN1CCCC(O)(Cc2ccc(F)cc2Cl)CC1. The van der Waals surface area contributed by atoms with Crippen molar-refractivity contribution in [3.63, 3.8) is 0 Å². The highest BCUT2D eigenvalue weighted by Crippen LogP contribution is 2.29. The number of hydrogen-bond donors (Lipinski definition) is 1. The third kappa shape index (κ3) is 4.18. The van der Waals surface area contributed by atoms with E-state index in [1.807, 2.05) is 0 Å². The van der Waals surface area contributed by atoms with Crippen molar-refractivity contribution in [2.75, 3.05) is 19.6 Å². The van der Waals surface area contributed by atoms with E-state index >= 15 is 0 Å². The van der Waals surface area contributed by atoms with Crippen molar-refractivity contribution in [1.29, 1.82) is 0 Å². The molecule has 0 bridgehead atoms. The van der Waals surface area contributed by atoms with Crippen LogP contribution in [0, 0.1) is 5.82 Å². The topological polar surface area (TPSA) is 23.5 Å². The standard InChI is InChI=1S/C16H23ClFNO/c1-2-8-19-9-3-6-16(20,7-10-19)12-13-4-5-14(18)11-15(13)17/h4-5,11,20H,2-3,6-10,12H2,1H3. The van der Waals surface area contributed by atoms with Crippen molar-refractivity contribution in [2.24, 2.45) is 0 Å². The Hall–Kier alpha value is -0.640. The van der Waals surface area contributed by atoms with Gasteiger partial charge in [-0.15, -0.1) is 0 Å². The maximum Gasteiger partial charge on any atom is 0.124 e. The third-order valence-corrected chi connectivity index (χ3v) is 4.44. The Morgan fingerprint density at radius 3 is 2.85 bits per heavy atom. The molecule has 20 heavy (non-hydrogen) atoms. The minimum Gasteiger partial charge on any atom is -0.389 e. The van der Waals surface area contributed by atoms with E-state index in [1.165, 1.54) is 12.1 Å². The zero-order valence-corrected chi connectivity index (χ0v) is 12.8. The Bertz CT molecular complexity index is 454. The minimum absolute atomic E-state index is 0.333. The molecular weight excluding hydrogens is 277 g/mol. The lowest BCUT2D eigenvalue weighted by Crippen LogP contribution is -2.33. The fraction of sp³-hybridized carbons (Fsp3) is 0.625. The van der Waals surface area contributed by atoms with Crippen LogP contribution in [-0.4, -0.2) is 35.2 Å². The van der Waals surface area contributed by atoms with E-state index in [0.29, 0.717) is 11.4 Å². The van der Waals surface area contributed by atoms with Crippen LogP contribution in [0.4, 0.5) is 4.39 Å². The van der Waals surface area contributed by atoms with Crippen LogP contribution in [-0.2, 0) is 6.42 Å². The van der Waals surface area contributed by atoms with Gasteiger partial charge >= 0.3 is 0 Å². The van der Waals surface area contributed by atoms with Crippen LogP contribution in [0.15, 0.2) is 18.2 Å². The first-order valence-electron chi connectivity index (χ1n) is 7.41. The molecule has 1 aromatic rings. The molecule has 1 fully saturated rings. The highest BCUT2D eigenvalue weighted by molar-refractivity contribution is 6.31. The summed E-state index contributed by atoms with van der Waals surface area (Å²) >= 11 is 6.07. The van der Waals surface area contributed by atoms with E-state index < -0.39 is 5.60 Å². The first-order chi connectivity index (χ1) is 9.52. The van der Waals surface area contributed by atoms with Crippen molar-refractivity contribution in [2.45, 2.75) is 44.6 Å². The number of aliphatic hydroxyl groups is 1. The van der Waals surface area contributed by atoms with E-state index in [4.69, 9.17) is 11.6 Å². The van der Waals surface area contributed by atoms with Crippen LogP contribution in [0.5, 0.6) is 0 Å². The molecule has 1 heterocycles. The molecule has 0 saturated carbocycles. The Balaban J connectivity index is 2.03. The fourth-order valence-corrected chi connectivity index (χ4v) is 3.20. The summed E-state index contributed by atoms with van der Waals surface area (Å²) in [5.41, 5.74) is 0.115. The quantitative estimate of drug-likeness (QED) is 0.917. The Morgan fingerprint density at radius 2 is 2.15 bits per heavy atom. The van der Waals surface area contributed by atoms with Gasteiger partial charge in [0.05, 0.1) is 5.60 Å². The average molecular weight is 300 g/mol. The van der Waals surface area contributed by atoms with Crippen molar-refractivity contribution in [1.82, 2.24) is 4.90 Å². The molecule has 4 heteroatoms. The second-order valence-electron chi connectivity index (χ2n) is 5.83. The number of hydrogen-bond acceptors (Lipinski definition) is 2. The van der Waals surface area contributed by atoms with Gasteiger partial charge in [-0.1, -0.05) is 24.6 Å². The smallest absolute Gasteiger partial charge is 0.124 e. The molecule has 1 aromatic carbocycles. The van der Waals surface area contributed by atoms with Crippen LogP contribution in [0.2, 0.25) is 5.02 Å². The van der Waals surface area contributed by atoms with Crippen LogP contribution in [0.25, 0.3) is 0 Å². The Kier molecular flexibility index (Phi) is 5.42.